The van der Waals surface area contributed by atoms with Crippen molar-refractivity contribution in [1.82, 2.24) is 39.2 Å². The molecule has 1 atom stereocenters. The second kappa shape index (κ2) is 19.7. The molecule has 0 spiro atoms. The van der Waals surface area contributed by atoms with E-state index in [4.69, 9.17) is 14.5 Å². The Kier molecular flexibility index (Phi) is 13.7. The molecule has 2 amide bonds. The summed E-state index contributed by atoms with van der Waals surface area (Å²) in [5.74, 6) is 1.44. The number of hydrogen-bond acceptors (Lipinski definition) is 14. The van der Waals surface area contributed by atoms with Crippen LogP contribution >= 0.6 is 23.1 Å². The van der Waals surface area contributed by atoms with Crippen LogP contribution in [0.5, 0.6) is 11.5 Å². The molecule has 0 aliphatic carbocycles. The third kappa shape index (κ3) is 9.60. The van der Waals surface area contributed by atoms with Crippen molar-refractivity contribution in [2.45, 2.75) is 58.0 Å². The quantitative estimate of drug-likeness (QED) is 0.0775. The number of methoxy groups -OCH3 is 1. The molecule has 0 bridgehead atoms. The minimum Gasteiger partial charge on any atom is -0.494 e. The number of ether oxygens (including phenoxy) is 2. The van der Waals surface area contributed by atoms with Gasteiger partial charge in [0.25, 0.3) is 0 Å². The zero-order valence-corrected chi connectivity index (χ0v) is 42.0. The largest absolute Gasteiger partial charge is 0.494 e. The van der Waals surface area contributed by atoms with E-state index in [1.807, 2.05) is 49.4 Å². The van der Waals surface area contributed by atoms with Gasteiger partial charge in [-0.15, -0.1) is 0 Å². The number of benzene rings is 3. The van der Waals surface area contributed by atoms with Crippen LogP contribution in [0.3, 0.4) is 0 Å². The van der Waals surface area contributed by atoms with E-state index in [1.54, 1.807) is 33.7 Å². The lowest BCUT2D eigenvalue weighted by Crippen LogP contribution is -2.53. The first kappa shape index (κ1) is 47.3. The second-order valence-corrected chi connectivity index (χ2v) is 22.3. The van der Waals surface area contributed by atoms with Crippen molar-refractivity contribution in [3.05, 3.63) is 87.0 Å². The standard InChI is InChI=1S/C49H59BrN11O6P/c1-7-31-27-37(54-48-51-29-34(50)46(56-48)53-36-14-13-35-33(12-11-30(2)52-35)45(36)68(5,6)65)42(66-4)28-40(31)60-19-17-32(18-20-60)59-23-21-58(22-24-59)25-26-67-41-10-8-9-38-44(41)57(3)49(64)61(38)39-15-16-43(62)55-47(39)63/h8-14,27-29,32,39H,7,15-26H2,1-6H3,(H,55,62,63)(H2,51,53,54,56). The highest BCUT2D eigenvalue weighted by Gasteiger charge is 2.33. The first-order chi connectivity index (χ1) is 32.7. The maximum Gasteiger partial charge on any atom is 0.329 e. The van der Waals surface area contributed by atoms with E-state index in [9.17, 15) is 18.9 Å². The van der Waals surface area contributed by atoms with Crippen LogP contribution in [-0.4, -0.2) is 125 Å². The molecule has 3 saturated heterocycles. The predicted octanol–water partition coefficient (Wildman–Crippen LogP) is 6.70. The van der Waals surface area contributed by atoms with E-state index in [2.05, 4.69) is 75.6 Å². The van der Waals surface area contributed by atoms with E-state index in [1.165, 1.54) is 20.4 Å². The summed E-state index contributed by atoms with van der Waals surface area (Å²) in [5.41, 5.74) is 6.50. The number of anilines is 5. The number of imide groups is 1. The fourth-order valence-corrected chi connectivity index (χ4v) is 11.8. The highest BCUT2D eigenvalue weighted by Crippen LogP contribution is 2.42. The zero-order chi connectivity index (χ0) is 47.9. The summed E-state index contributed by atoms with van der Waals surface area (Å²) in [6.07, 6.45) is 5.15. The summed E-state index contributed by atoms with van der Waals surface area (Å²) < 4.78 is 29.6. The number of nitrogens with one attached hydrogen (secondary N) is 3. The zero-order valence-electron chi connectivity index (χ0n) is 39.5. The van der Waals surface area contributed by atoms with Crippen molar-refractivity contribution in [1.29, 1.82) is 0 Å². The number of carbonyl (C=O) groups is 2. The Bertz CT molecular complexity index is 3010. The summed E-state index contributed by atoms with van der Waals surface area (Å²) in [6, 6.07) is 17.3. The Hall–Kier alpha value is -5.81. The van der Waals surface area contributed by atoms with Crippen molar-refractivity contribution >= 4 is 91.0 Å². The summed E-state index contributed by atoms with van der Waals surface area (Å²) in [6.45, 7) is 14.7. The van der Waals surface area contributed by atoms with Crippen LogP contribution in [0, 0.1) is 6.92 Å². The summed E-state index contributed by atoms with van der Waals surface area (Å²) in [5, 5.41) is 10.8. The van der Waals surface area contributed by atoms with Gasteiger partial charge in [-0.1, -0.05) is 19.1 Å². The smallest absolute Gasteiger partial charge is 0.329 e. The molecule has 68 heavy (non-hydrogen) atoms. The lowest BCUT2D eigenvalue weighted by Gasteiger charge is -2.43. The van der Waals surface area contributed by atoms with Gasteiger partial charge in [0.05, 0.1) is 34.0 Å². The Labute approximate surface area is 404 Å². The molecule has 6 aromatic rings. The van der Waals surface area contributed by atoms with Gasteiger partial charge in [0.15, 0.2) is 0 Å². The van der Waals surface area contributed by atoms with Crippen molar-refractivity contribution in [2.75, 3.05) is 88.4 Å². The molecule has 0 radical (unpaired) electrons. The maximum atomic E-state index is 13.7. The first-order valence-corrected chi connectivity index (χ1v) is 26.7. The van der Waals surface area contributed by atoms with E-state index >= 15 is 0 Å². The van der Waals surface area contributed by atoms with Gasteiger partial charge in [-0.3, -0.25) is 38.8 Å². The van der Waals surface area contributed by atoms with Gasteiger partial charge in [-0.2, -0.15) is 4.98 Å². The van der Waals surface area contributed by atoms with E-state index < -0.39 is 19.1 Å². The maximum absolute atomic E-state index is 13.7. The Morgan fingerprint density at radius 3 is 2.41 bits per heavy atom. The van der Waals surface area contributed by atoms with Crippen LogP contribution in [0.25, 0.3) is 21.9 Å². The molecule has 3 aliphatic rings. The highest BCUT2D eigenvalue weighted by molar-refractivity contribution is 9.10. The number of aromatic nitrogens is 5. The first-order valence-electron chi connectivity index (χ1n) is 23.3. The van der Waals surface area contributed by atoms with Gasteiger partial charge in [-0.05, 0) is 104 Å². The Morgan fingerprint density at radius 2 is 1.69 bits per heavy atom. The van der Waals surface area contributed by atoms with Crippen LogP contribution in [0.2, 0.25) is 0 Å². The number of carbonyl (C=O) groups excluding carboxylic acids is 2. The number of hydrogen-bond donors (Lipinski definition) is 3. The SMILES string of the molecule is CCc1cc(Nc2ncc(Br)c(Nc3ccc4nc(C)ccc4c3P(C)(C)=O)n2)c(OC)cc1N1CCC(N2CCN(CCOc3cccc4c3n(C)c(=O)n4C3CCC(=O)NC3=O)CC2)CC1. The van der Waals surface area contributed by atoms with Gasteiger partial charge >= 0.3 is 5.69 Å². The average molecular weight is 1010 g/mol. The molecule has 3 aromatic heterocycles. The Morgan fingerprint density at radius 1 is 0.912 bits per heavy atom. The molecule has 9 rings (SSSR count). The summed E-state index contributed by atoms with van der Waals surface area (Å²) in [4.78, 5) is 59.5. The molecule has 358 valence electrons. The van der Waals surface area contributed by atoms with Gasteiger partial charge in [-0.25, -0.2) is 9.78 Å². The Balaban J connectivity index is 0.799. The molecular weight excluding hydrogens is 949 g/mol. The lowest BCUT2D eigenvalue weighted by atomic mass is 9.99. The number of aryl methyl sites for hydroxylation is 3. The number of halogens is 1. The third-order valence-corrected chi connectivity index (χ3v) is 15.7. The highest BCUT2D eigenvalue weighted by atomic mass is 79.9. The van der Waals surface area contributed by atoms with E-state index in [-0.39, 0.29) is 24.4 Å². The molecule has 3 aliphatic heterocycles. The topological polar surface area (TPSA) is 181 Å². The van der Waals surface area contributed by atoms with Gasteiger partial charge in [0.2, 0.25) is 17.8 Å². The van der Waals surface area contributed by atoms with Crippen molar-refractivity contribution in [3.8, 4) is 11.5 Å². The van der Waals surface area contributed by atoms with Gasteiger partial charge < -0.3 is 29.6 Å². The van der Waals surface area contributed by atoms with Crippen LogP contribution in [0.4, 0.5) is 28.8 Å². The van der Waals surface area contributed by atoms with Crippen LogP contribution < -0.4 is 41.3 Å². The second-order valence-electron chi connectivity index (χ2n) is 18.3. The van der Waals surface area contributed by atoms with Gasteiger partial charge in [0, 0.05) is 99.7 Å². The number of piperazine rings is 1. The van der Waals surface area contributed by atoms with Crippen molar-refractivity contribution in [3.63, 3.8) is 0 Å². The van der Waals surface area contributed by atoms with E-state index in [0.717, 1.165) is 92.7 Å². The number of piperidine rings is 2. The number of fused-ring (bicyclic) bond motifs is 2. The molecule has 0 saturated carbocycles. The number of pyridine rings is 1. The van der Waals surface area contributed by atoms with Crippen LogP contribution in [-0.2, 0) is 27.6 Å². The van der Waals surface area contributed by atoms with Gasteiger partial charge in [0.1, 0.15) is 42.6 Å². The third-order valence-electron chi connectivity index (χ3n) is 13.5. The predicted molar refractivity (Wildman–Crippen MR) is 272 cm³/mol. The fourth-order valence-electron chi connectivity index (χ4n) is 10.0. The van der Waals surface area contributed by atoms with Crippen LogP contribution in [0.1, 0.15) is 49.9 Å². The van der Waals surface area contributed by atoms with E-state index in [0.29, 0.717) is 57.1 Å². The minimum atomic E-state index is -2.73. The molecule has 17 nitrogen and oxygen atoms in total. The molecule has 1 unspecified atom stereocenters. The lowest BCUT2D eigenvalue weighted by molar-refractivity contribution is -0.135. The molecule has 3 N–H and O–H groups in total. The molecule has 3 aromatic carbocycles. The number of para-hydroxylation sites is 1. The summed E-state index contributed by atoms with van der Waals surface area (Å²) in [7, 11) is 0.638. The number of rotatable bonds is 14. The number of nitrogens with zero attached hydrogens (tertiary/aromatic N) is 8. The molecular formula is C49H59BrN11O6P. The van der Waals surface area contributed by atoms with Crippen molar-refractivity contribution < 1.29 is 23.6 Å². The number of imidazole rings is 1. The normalized spacial score (nSPS) is 17.8. The minimum absolute atomic E-state index is 0.192. The van der Waals surface area contributed by atoms with Crippen molar-refractivity contribution in [2.24, 2.45) is 7.05 Å². The fraction of sp³-hybridized carbons (Fsp3) is 0.429. The molecule has 19 heteroatoms. The molecule has 6 heterocycles. The molecule has 3 fully saturated rings. The summed E-state index contributed by atoms with van der Waals surface area (Å²) >= 11 is 3.62. The average Bonchev–Trinajstić information content (AvgIpc) is 3.58. The van der Waals surface area contributed by atoms with Crippen LogP contribution in [0.15, 0.2) is 70.1 Å². The number of amides is 2. The monoisotopic (exact) mass is 1010 g/mol.